The number of rotatable bonds is 3. The van der Waals surface area contributed by atoms with E-state index >= 15 is 0 Å². The number of carboxylic acid groups (broad SMARTS) is 1. The van der Waals surface area contributed by atoms with Gasteiger partial charge in [-0.3, -0.25) is 9.59 Å². The zero-order valence-electron chi connectivity index (χ0n) is 11.8. The molecular weight excluding hydrogens is 286 g/mol. The molecule has 8 heteroatoms. The third-order valence-electron chi connectivity index (χ3n) is 3.86. The Morgan fingerprint density at radius 2 is 1.91 bits per heavy atom. The molecule has 0 bridgehead atoms. The summed E-state index contributed by atoms with van der Waals surface area (Å²) in [5.41, 5.74) is 1.11. The van der Waals surface area contributed by atoms with Crippen LogP contribution in [0.4, 0.5) is 0 Å². The first kappa shape index (κ1) is 14.2. The van der Waals surface area contributed by atoms with Crippen LogP contribution in [-0.2, 0) is 4.79 Å². The van der Waals surface area contributed by atoms with E-state index in [0.29, 0.717) is 37.2 Å². The van der Waals surface area contributed by atoms with Crippen molar-refractivity contribution in [2.24, 2.45) is 5.92 Å². The molecule has 0 radical (unpaired) electrons. The summed E-state index contributed by atoms with van der Waals surface area (Å²) in [5.74, 6) is -1.28. The number of hydrogen-bond donors (Lipinski definition) is 1. The standard InChI is InChI=1S/C14H15N5O3/c20-13(18-7-5-10(6-8-18)14(21)22)11-3-1-2-4-12(11)19-9-15-16-17-19/h1-4,9-10H,5-8H2,(H,21,22). The van der Waals surface area contributed by atoms with Gasteiger partial charge in [0.25, 0.3) is 5.91 Å². The third-order valence-corrected chi connectivity index (χ3v) is 3.86. The fourth-order valence-corrected chi connectivity index (χ4v) is 2.63. The number of aliphatic carboxylic acids is 1. The maximum Gasteiger partial charge on any atom is 0.306 e. The molecule has 1 aromatic heterocycles. The predicted octanol–water partition coefficient (Wildman–Crippen LogP) is 0.599. The molecule has 1 fully saturated rings. The fraction of sp³-hybridized carbons (Fsp3) is 0.357. The summed E-state index contributed by atoms with van der Waals surface area (Å²) in [6, 6.07) is 7.09. The zero-order chi connectivity index (χ0) is 15.5. The molecule has 3 rings (SSSR count). The van der Waals surface area contributed by atoms with Gasteiger partial charge in [-0.2, -0.15) is 4.68 Å². The van der Waals surface area contributed by atoms with Crippen LogP contribution in [0.3, 0.4) is 0 Å². The number of likely N-dealkylation sites (tertiary alicyclic amines) is 1. The van der Waals surface area contributed by atoms with E-state index in [0.717, 1.165) is 0 Å². The monoisotopic (exact) mass is 301 g/mol. The summed E-state index contributed by atoms with van der Waals surface area (Å²) < 4.78 is 1.44. The van der Waals surface area contributed by atoms with Crippen molar-refractivity contribution >= 4 is 11.9 Å². The topological polar surface area (TPSA) is 101 Å². The Morgan fingerprint density at radius 1 is 1.18 bits per heavy atom. The van der Waals surface area contributed by atoms with Crippen molar-refractivity contribution in [2.45, 2.75) is 12.8 Å². The molecular formula is C14H15N5O3. The molecule has 1 aliphatic heterocycles. The highest BCUT2D eigenvalue weighted by Crippen LogP contribution is 2.21. The minimum atomic E-state index is -0.791. The van der Waals surface area contributed by atoms with E-state index in [1.807, 2.05) is 6.07 Å². The van der Waals surface area contributed by atoms with Gasteiger partial charge in [0, 0.05) is 13.1 Å². The molecule has 0 saturated carbocycles. The van der Waals surface area contributed by atoms with E-state index in [2.05, 4.69) is 15.5 Å². The summed E-state index contributed by atoms with van der Waals surface area (Å²) >= 11 is 0. The van der Waals surface area contributed by atoms with Crippen molar-refractivity contribution in [3.63, 3.8) is 0 Å². The highest BCUT2D eigenvalue weighted by molar-refractivity contribution is 5.97. The van der Waals surface area contributed by atoms with E-state index in [1.165, 1.54) is 11.0 Å². The second-order valence-corrected chi connectivity index (χ2v) is 5.18. The van der Waals surface area contributed by atoms with Gasteiger partial charge in [-0.15, -0.1) is 5.10 Å². The number of aromatic nitrogens is 4. The van der Waals surface area contributed by atoms with Gasteiger partial charge in [-0.25, -0.2) is 0 Å². The normalized spacial score (nSPS) is 15.7. The molecule has 22 heavy (non-hydrogen) atoms. The number of benzene rings is 1. The Labute approximate surface area is 126 Å². The van der Waals surface area contributed by atoms with Crippen LogP contribution < -0.4 is 0 Å². The zero-order valence-corrected chi connectivity index (χ0v) is 11.8. The van der Waals surface area contributed by atoms with Crippen LogP contribution in [0.15, 0.2) is 30.6 Å². The lowest BCUT2D eigenvalue weighted by Gasteiger charge is -2.30. The highest BCUT2D eigenvalue weighted by Gasteiger charge is 2.28. The van der Waals surface area contributed by atoms with Crippen LogP contribution in [0, 0.1) is 5.92 Å². The number of carbonyl (C=O) groups is 2. The molecule has 0 atom stereocenters. The molecule has 0 unspecified atom stereocenters. The summed E-state index contributed by atoms with van der Waals surface area (Å²) in [7, 11) is 0. The number of nitrogens with zero attached hydrogens (tertiary/aromatic N) is 5. The number of para-hydroxylation sites is 1. The van der Waals surface area contributed by atoms with Crippen LogP contribution >= 0.6 is 0 Å². The lowest BCUT2D eigenvalue weighted by molar-refractivity contribution is -0.143. The quantitative estimate of drug-likeness (QED) is 0.890. The Balaban J connectivity index is 1.81. The summed E-state index contributed by atoms with van der Waals surface area (Å²) in [6.45, 7) is 0.888. The van der Waals surface area contributed by atoms with Gasteiger partial charge in [-0.1, -0.05) is 12.1 Å². The number of piperidine rings is 1. The number of hydrogen-bond acceptors (Lipinski definition) is 5. The Hall–Kier alpha value is -2.77. The lowest BCUT2D eigenvalue weighted by atomic mass is 9.96. The van der Waals surface area contributed by atoms with Crippen molar-refractivity contribution in [3.05, 3.63) is 36.2 Å². The Morgan fingerprint density at radius 3 is 2.55 bits per heavy atom. The van der Waals surface area contributed by atoms with Gasteiger partial charge in [0.05, 0.1) is 17.2 Å². The Kier molecular flexibility index (Phi) is 3.82. The molecule has 8 nitrogen and oxygen atoms in total. The number of amides is 1. The average Bonchev–Trinajstić information content (AvgIpc) is 3.08. The summed E-state index contributed by atoms with van der Waals surface area (Å²) in [4.78, 5) is 25.4. The van der Waals surface area contributed by atoms with Crippen LogP contribution in [0.2, 0.25) is 0 Å². The summed E-state index contributed by atoms with van der Waals surface area (Å²) in [5, 5.41) is 20.0. The Bertz CT molecular complexity index is 678. The third kappa shape index (κ3) is 2.67. The smallest absolute Gasteiger partial charge is 0.306 e. The van der Waals surface area contributed by atoms with Crippen molar-refractivity contribution in [2.75, 3.05) is 13.1 Å². The molecule has 114 valence electrons. The van der Waals surface area contributed by atoms with E-state index in [9.17, 15) is 9.59 Å². The first-order valence-corrected chi connectivity index (χ1v) is 7.01. The second kappa shape index (κ2) is 5.92. The van der Waals surface area contributed by atoms with Crippen LogP contribution in [0.5, 0.6) is 0 Å². The molecule has 1 saturated heterocycles. The molecule has 2 aromatic rings. The minimum absolute atomic E-state index is 0.130. The van der Waals surface area contributed by atoms with Crippen LogP contribution in [-0.4, -0.2) is 55.2 Å². The SMILES string of the molecule is O=C(O)C1CCN(C(=O)c2ccccc2-n2cnnn2)CC1. The van der Waals surface area contributed by atoms with Crippen LogP contribution in [0.25, 0.3) is 5.69 Å². The van der Waals surface area contributed by atoms with Gasteiger partial charge in [0.15, 0.2) is 0 Å². The van der Waals surface area contributed by atoms with Gasteiger partial charge in [-0.05, 0) is 35.4 Å². The van der Waals surface area contributed by atoms with Gasteiger partial charge >= 0.3 is 5.97 Å². The van der Waals surface area contributed by atoms with E-state index < -0.39 is 5.97 Å². The van der Waals surface area contributed by atoms with E-state index in [4.69, 9.17) is 5.11 Å². The minimum Gasteiger partial charge on any atom is -0.481 e. The predicted molar refractivity (Wildman–Crippen MR) is 75.4 cm³/mol. The van der Waals surface area contributed by atoms with Crippen molar-refractivity contribution in [1.82, 2.24) is 25.1 Å². The van der Waals surface area contributed by atoms with Crippen molar-refractivity contribution in [1.29, 1.82) is 0 Å². The van der Waals surface area contributed by atoms with Crippen molar-refractivity contribution < 1.29 is 14.7 Å². The molecule has 1 amide bonds. The van der Waals surface area contributed by atoms with E-state index in [-0.39, 0.29) is 11.8 Å². The van der Waals surface area contributed by atoms with E-state index in [1.54, 1.807) is 23.1 Å². The van der Waals surface area contributed by atoms with Crippen LogP contribution in [0.1, 0.15) is 23.2 Å². The summed E-state index contributed by atoms with van der Waals surface area (Å²) in [6.07, 6.45) is 2.39. The van der Waals surface area contributed by atoms with Crippen molar-refractivity contribution in [3.8, 4) is 5.69 Å². The number of carbonyl (C=O) groups excluding carboxylic acids is 1. The largest absolute Gasteiger partial charge is 0.481 e. The molecule has 0 aliphatic carbocycles. The van der Waals surface area contributed by atoms with Gasteiger partial charge < -0.3 is 10.0 Å². The second-order valence-electron chi connectivity index (χ2n) is 5.18. The molecule has 1 N–H and O–H groups in total. The van der Waals surface area contributed by atoms with Gasteiger partial charge in [0.1, 0.15) is 6.33 Å². The molecule has 0 spiro atoms. The van der Waals surface area contributed by atoms with Gasteiger partial charge in [0.2, 0.25) is 0 Å². The first-order chi connectivity index (χ1) is 10.7. The average molecular weight is 301 g/mol. The fourth-order valence-electron chi connectivity index (χ4n) is 2.63. The molecule has 2 heterocycles. The maximum absolute atomic E-state index is 12.7. The first-order valence-electron chi connectivity index (χ1n) is 7.01. The maximum atomic E-state index is 12.7. The lowest BCUT2D eigenvalue weighted by Crippen LogP contribution is -2.40. The number of carboxylic acids is 1. The number of tetrazole rings is 1. The molecule has 1 aromatic carbocycles. The molecule has 1 aliphatic rings. The highest BCUT2D eigenvalue weighted by atomic mass is 16.4.